The van der Waals surface area contributed by atoms with Crippen LogP contribution in [0.15, 0.2) is 9.98 Å². The van der Waals surface area contributed by atoms with Crippen molar-refractivity contribution in [2.24, 2.45) is 9.98 Å². The van der Waals surface area contributed by atoms with Crippen molar-refractivity contribution < 1.29 is 0 Å². The highest BCUT2D eigenvalue weighted by molar-refractivity contribution is 6.29. The number of rotatable bonds is 1. The Labute approximate surface area is 62.1 Å². The number of nitrogens with zero attached hydrogens (tertiary/aromatic N) is 3. The molecule has 0 atom stereocenters. The second-order valence-electron chi connectivity index (χ2n) is 1.48. The van der Waals surface area contributed by atoms with Crippen LogP contribution in [-0.2, 0) is 0 Å². The van der Waals surface area contributed by atoms with Gasteiger partial charge in [0.1, 0.15) is 0 Å². The van der Waals surface area contributed by atoms with Crippen LogP contribution in [0.5, 0.6) is 0 Å². The van der Waals surface area contributed by atoms with Crippen LogP contribution in [0.1, 0.15) is 13.8 Å². The number of hydrogen-bond donors (Lipinski definition) is 0. The highest BCUT2D eigenvalue weighted by Crippen LogP contribution is 1.65. The molecule has 0 aromatic rings. The topological polar surface area (TPSA) is 48.5 Å². The van der Waals surface area contributed by atoms with Crippen LogP contribution in [-0.4, -0.2) is 26.0 Å². The average Bonchev–Trinajstić information content (AvgIpc) is 1.90. The summed E-state index contributed by atoms with van der Waals surface area (Å²) in [6.45, 7) is 3.34. The number of hydrogen-bond acceptors (Lipinski definition) is 3. The summed E-state index contributed by atoms with van der Waals surface area (Å²) in [6.07, 6.45) is 1.72. The molecule has 0 aromatic heterocycles. The Morgan fingerprint density at radius 3 is 2.00 bits per heavy atom. The smallest absolute Gasteiger partial charge is 0.0587 e. The Morgan fingerprint density at radius 1 is 1.50 bits per heavy atom. The molecule has 0 saturated carbocycles. The van der Waals surface area contributed by atoms with E-state index in [1.165, 1.54) is 6.92 Å². The highest BCUT2D eigenvalue weighted by Gasteiger charge is 1.73. The van der Waals surface area contributed by atoms with Crippen molar-refractivity contribution in [3.05, 3.63) is 0 Å². The van der Waals surface area contributed by atoms with E-state index in [0.717, 1.165) is 5.71 Å². The molecule has 0 aliphatic rings. The molecule has 0 amide bonds. The van der Waals surface area contributed by atoms with Crippen molar-refractivity contribution in [3.8, 4) is 6.07 Å². The average molecular weight is 139 g/mol. The van der Waals surface area contributed by atoms with Crippen LogP contribution in [0.2, 0.25) is 0 Å². The normalized spacial score (nSPS) is 10.1. The first kappa shape index (κ1) is 11.6. The Bertz CT molecular complexity index is 151. The van der Waals surface area contributed by atoms with Crippen LogP contribution in [0.4, 0.5) is 0 Å². The summed E-state index contributed by atoms with van der Waals surface area (Å²) < 4.78 is 0. The highest BCUT2D eigenvalue weighted by atomic mass is 14.7. The van der Waals surface area contributed by atoms with Gasteiger partial charge >= 0.3 is 0 Å². The molecule has 0 heterocycles. The molecule has 0 aliphatic heterocycles. The predicted molar refractivity (Wildman–Crippen MR) is 44.7 cm³/mol. The van der Waals surface area contributed by atoms with Gasteiger partial charge in [-0.15, -0.1) is 0 Å². The summed E-state index contributed by atoms with van der Waals surface area (Å²) in [5.41, 5.74) is 0.961. The zero-order valence-corrected chi connectivity index (χ0v) is 6.92. The molecule has 0 bridgehead atoms. The minimum atomic E-state index is 0.961. The van der Waals surface area contributed by atoms with Crippen molar-refractivity contribution in [2.75, 3.05) is 14.1 Å². The second-order valence-corrected chi connectivity index (χ2v) is 1.48. The molecule has 0 radical (unpaired) electrons. The van der Waals surface area contributed by atoms with Crippen LogP contribution in [0, 0.1) is 11.3 Å². The lowest BCUT2D eigenvalue weighted by Gasteiger charge is -1.80. The molecule has 0 aliphatic carbocycles. The van der Waals surface area contributed by atoms with Crippen LogP contribution in [0.3, 0.4) is 0 Å². The number of nitriles is 1. The van der Waals surface area contributed by atoms with Gasteiger partial charge in [0.2, 0.25) is 0 Å². The summed E-state index contributed by atoms with van der Waals surface area (Å²) in [6, 6.07) is 1.75. The van der Waals surface area contributed by atoms with Crippen molar-refractivity contribution in [1.29, 1.82) is 5.26 Å². The second kappa shape index (κ2) is 10.7. The zero-order valence-electron chi connectivity index (χ0n) is 6.92. The van der Waals surface area contributed by atoms with Gasteiger partial charge < -0.3 is 0 Å². The molecule has 0 fully saturated rings. The maximum atomic E-state index is 7.32. The quantitative estimate of drug-likeness (QED) is 0.505. The van der Waals surface area contributed by atoms with Gasteiger partial charge in [0.25, 0.3) is 0 Å². The fourth-order valence-corrected chi connectivity index (χ4v) is 0.245. The molecule has 0 N–H and O–H groups in total. The molecule has 0 spiro atoms. The lowest BCUT2D eigenvalue weighted by molar-refractivity contribution is 1.43. The Balaban J connectivity index is 0. The van der Waals surface area contributed by atoms with Gasteiger partial charge in [0.05, 0.1) is 6.07 Å². The van der Waals surface area contributed by atoms with Crippen molar-refractivity contribution in [1.82, 2.24) is 0 Å². The molecule has 0 unspecified atom stereocenters. The van der Waals surface area contributed by atoms with E-state index in [0.29, 0.717) is 0 Å². The lowest BCUT2D eigenvalue weighted by atomic mass is 10.5. The summed E-state index contributed by atoms with van der Waals surface area (Å²) in [7, 11) is 3.48. The fourth-order valence-electron chi connectivity index (χ4n) is 0.245. The van der Waals surface area contributed by atoms with E-state index in [1.807, 2.05) is 6.92 Å². The molecule has 3 nitrogen and oxygen atoms in total. The Kier molecular flexibility index (Phi) is 12.5. The molecule has 0 aromatic carbocycles. The van der Waals surface area contributed by atoms with E-state index in [-0.39, 0.29) is 0 Å². The monoisotopic (exact) mass is 139 g/mol. The predicted octanol–water partition coefficient (Wildman–Crippen LogP) is 1.31. The van der Waals surface area contributed by atoms with Crippen LogP contribution in [0.25, 0.3) is 0 Å². The Morgan fingerprint density at radius 2 is 1.90 bits per heavy atom. The molecular formula is C7H13N3. The SMILES string of the molecule is CC#N.CN=CC(C)=NC. The summed E-state index contributed by atoms with van der Waals surface area (Å²) in [5, 5.41) is 7.32. The molecule has 3 heteroatoms. The van der Waals surface area contributed by atoms with Gasteiger partial charge in [0.15, 0.2) is 0 Å². The molecule has 0 saturated heterocycles. The maximum Gasteiger partial charge on any atom is 0.0587 e. The molecular weight excluding hydrogens is 126 g/mol. The van der Waals surface area contributed by atoms with E-state index >= 15 is 0 Å². The van der Waals surface area contributed by atoms with Crippen molar-refractivity contribution >= 4 is 11.9 Å². The third kappa shape index (κ3) is 15.8. The first-order valence-corrected chi connectivity index (χ1v) is 2.89. The molecule has 10 heavy (non-hydrogen) atoms. The van der Waals surface area contributed by atoms with Crippen molar-refractivity contribution in [3.63, 3.8) is 0 Å². The molecule has 0 rings (SSSR count). The van der Waals surface area contributed by atoms with Gasteiger partial charge in [0, 0.05) is 32.9 Å². The standard InChI is InChI=1S/C5H10N2.C2H3N/c1-5(7-3)4-6-2;1-2-3/h4H,1-3H3;1H3. The molecule has 56 valence electrons. The van der Waals surface area contributed by atoms with Crippen LogP contribution < -0.4 is 0 Å². The van der Waals surface area contributed by atoms with E-state index in [2.05, 4.69) is 9.98 Å². The van der Waals surface area contributed by atoms with Crippen LogP contribution >= 0.6 is 0 Å². The minimum Gasteiger partial charge on any atom is -0.295 e. The van der Waals surface area contributed by atoms with Gasteiger partial charge in [-0.25, -0.2) is 0 Å². The first-order chi connectivity index (χ1) is 4.72. The van der Waals surface area contributed by atoms with Gasteiger partial charge in [-0.1, -0.05) is 0 Å². The third-order valence-electron chi connectivity index (χ3n) is 0.669. The summed E-state index contributed by atoms with van der Waals surface area (Å²) >= 11 is 0. The number of aliphatic imine (C=N–C) groups is 2. The maximum absolute atomic E-state index is 7.32. The van der Waals surface area contributed by atoms with Gasteiger partial charge in [-0.05, 0) is 6.92 Å². The largest absolute Gasteiger partial charge is 0.295 e. The first-order valence-electron chi connectivity index (χ1n) is 2.89. The Hall–Kier alpha value is -1.17. The third-order valence-corrected chi connectivity index (χ3v) is 0.669. The van der Waals surface area contributed by atoms with E-state index in [4.69, 9.17) is 5.26 Å². The summed E-state index contributed by atoms with van der Waals surface area (Å²) in [4.78, 5) is 7.60. The summed E-state index contributed by atoms with van der Waals surface area (Å²) in [5.74, 6) is 0. The van der Waals surface area contributed by atoms with Gasteiger partial charge in [-0.2, -0.15) is 5.26 Å². The van der Waals surface area contributed by atoms with E-state index in [1.54, 1.807) is 26.4 Å². The lowest BCUT2D eigenvalue weighted by Crippen LogP contribution is -1.89. The van der Waals surface area contributed by atoms with Gasteiger partial charge in [-0.3, -0.25) is 9.98 Å². The minimum absolute atomic E-state index is 0.961. The van der Waals surface area contributed by atoms with E-state index in [9.17, 15) is 0 Å². The zero-order chi connectivity index (χ0) is 8.41. The fraction of sp³-hybridized carbons (Fsp3) is 0.571. The van der Waals surface area contributed by atoms with E-state index < -0.39 is 0 Å². The van der Waals surface area contributed by atoms with Crippen molar-refractivity contribution in [2.45, 2.75) is 13.8 Å².